The van der Waals surface area contributed by atoms with Crippen molar-refractivity contribution in [2.75, 3.05) is 13.1 Å². The summed E-state index contributed by atoms with van der Waals surface area (Å²) in [6.45, 7) is 3.84. The minimum Gasteiger partial charge on any atom is -0.343 e. The second-order valence-corrected chi connectivity index (χ2v) is 7.60. The van der Waals surface area contributed by atoms with Crippen molar-refractivity contribution in [2.24, 2.45) is 11.7 Å². The molecule has 0 spiro atoms. The summed E-state index contributed by atoms with van der Waals surface area (Å²) >= 11 is 1.80. The molecule has 2 heterocycles. The number of amides is 1. The van der Waals surface area contributed by atoms with Crippen molar-refractivity contribution in [3.05, 3.63) is 35.2 Å². The first-order valence-corrected chi connectivity index (χ1v) is 9.51. The summed E-state index contributed by atoms with van der Waals surface area (Å²) in [4.78, 5) is 14.4. The lowest BCUT2D eigenvalue weighted by molar-refractivity contribution is -0.132. The SMILES string of the molecule is CC(N)C1CCN(C(=O)CCCc2csc3ccccc23)CC1.Cl. The molecule has 0 bridgehead atoms. The van der Waals surface area contributed by atoms with Gasteiger partial charge in [-0.2, -0.15) is 0 Å². The van der Waals surface area contributed by atoms with E-state index in [2.05, 4.69) is 36.6 Å². The third kappa shape index (κ3) is 4.50. The predicted octanol–water partition coefficient (Wildman–Crippen LogP) is 4.23. The topological polar surface area (TPSA) is 46.3 Å². The third-order valence-electron chi connectivity index (χ3n) is 5.03. The Morgan fingerprint density at radius 2 is 2.04 bits per heavy atom. The predicted molar refractivity (Wildman–Crippen MR) is 105 cm³/mol. The average molecular weight is 367 g/mol. The largest absolute Gasteiger partial charge is 0.343 e. The lowest BCUT2D eigenvalue weighted by Gasteiger charge is -2.33. The summed E-state index contributed by atoms with van der Waals surface area (Å²) in [6, 6.07) is 8.77. The Bertz CT molecular complexity index is 662. The van der Waals surface area contributed by atoms with E-state index in [-0.39, 0.29) is 18.4 Å². The van der Waals surface area contributed by atoms with Crippen LogP contribution in [-0.2, 0) is 11.2 Å². The molecule has 0 aliphatic carbocycles. The molecule has 1 aromatic heterocycles. The fraction of sp³-hybridized carbons (Fsp3) is 0.526. The summed E-state index contributed by atoms with van der Waals surface area (Å²) in [5.74, 6) is 0.892. The van der Waals surface area contributed by atoms with Gasteiger partial charge < -0.3 is 10.6 Å². The number of rotatable bonds is 5. The molecular formula is C19H27ClN2OS. The number of nitrogens with zero attached hydrogens (tertiary/aromatic N) is 1. The standard InChI is InChI=1S/C19H26N2OS.ClH/c1-14(20)15-9-11-21(12-10-15)19(22)8-4-5-16-13-23-18-7-3-2-6-17(16)18;/h2-3,6-7,13-15H,4-5,8-12,20H2,1H3;1H. The number of hydrogen-bond donors (Lipinski definition) is 1. The number of nitrogens with two attached hydrogens (primary N) is 1. The van der Waals surface area contributed by atoms with Gasteiger partial charge in [-0.1, -0.05) is 18.2 Å². The van der Waals surface area contributed by atoms with Crippen LogP contribution in [-0.4, -0.2) is 29.9 Å². The van der Waals surface area contributed by atoms with E-state index in [1.165, 1.54) is 15.6 Å². The number of piperidine rings is 1. The van der Waals surface area contributed by atoms with Gasteiger partial charge in [0.05, 0.1) is 0 Å². The van der Waals surface area contributed by atoms with Crippen LogP contribution in [0.5, 0.6) is 0 Å². The van der Waals surface area contributed by atoms with Gasteiger partial charge in [0.2, 0.25) is 5.91 Å². The first kappa shape index (κ1) is 19.2. The Labute approximate surface area is 154 Å². The number of hydrogen-bond acceptors (Lipinski definition) is 3. The lowest BCUT2D eigenvalue weighted by Crippen LogP contribution is -2.42. The summed E-state index contributed by atoms with van der Waals surface area (Å²) in [5, 5.41) is 3.59. The van der Waals surface area contributed by atoms with Gasteiger partial charge in [-0.15, -0.1) is 23.7 Å². The van der Waals surface area contributed by atoms with Gasteiger partial charge in [0, 0.05) is 30.3 Å². The quantitative estimate of drug-likeness (QED) is 0.860. The highest BCUT2D eigenvalue weighted by molar-refractivity contribution is 7.17. The molecule has 1 unspecified atom stereocenters. The van der Waals surface area contributed by atoms with Crippen LogP contribution < -0.4 is 5.73 Å². The van der Waals surface area contributed by atoms with Gasteiger partial charge in [-0.05, 0) is 60.9 Å². The zero-order valence-corrected chi connectivity index (χ0v) is 15.9. The van der Waals surface area contributed by atoms with Crippen LogP contribution in [0.2, 0.25) is 0 Å². The molecule has 5 heteroatoms. The maximum absolute atomic E-state index is 12.4. The molecule has 1 amide bonds. The molecule has 2 aromatic rings. The molecule has 0 radical (unpaired) electrons. The highest BCUT2D eigenvalue weighted by Crippen LogP contribution is 2.27. The van der Waals surface area contributed by atoms with E-state index in [9.17, 15) is 4.79 Å². The van der Waals surface area contributed by atoms with Gasteiger partial charge in [0.1, 0.15) is 0 Å². The highest BCUT2D eigenvalue weighted by atomic mass is 35.5. The average Bonchev–Trinajstić information content (AvgIpc) is 2.98. The molecule has 1 saturated heterocycles. The fourth-order valence-electron chi connectivity index (χ4n) is 3.49. The van der Waals surface area contributed by atoms with E-state index < -0.39 is 0 Å². The zero-order chi connectivity index (χ0) is 16.2. The second-order valence-electron chi connectivity index (χ2n) is 6.69. The van der Waals surface area contributed by atoms with Crippen LogP contribution in [0.4, 0.5) is 0 Å². The molecule has 3 rings (SSSR count). The summed E-state index contributed by atoms with van der Waals surface area (Å²) in [7, 11) is 0. The number of benzene rings is 1. The minimum absolute atomic E-state index is 0. The number of fused-ring (bicyclic) bond motifs is 1. The van der Waals surface area contributed by atoms with E-state index in [4.69, 9.17) is 5.73 Å². The normalized spacial score (nSPS) is 16.8. The summed E-state index contributed by atoms with van der Waals surface area (Å²) in [6.07, 6.45) is 4.70. The van der Waals surface area contributed by atoms with Crippen molar-refractivity contribution in [2.45, 2.75) is 45.1 Å². The molecule has 132 valence electrons. The van der Waals surface area contributed by atoms with Crippen molar-refractivity contribution >= 4 is 39.7 Å². The van der Waals surface area contributed by atoms with Crippen molar-refractivity contribution < 1.29 is 4.79 Å². The molecule has 1 atom stereocenters. The van der Waals surface area contributed by atoms with E-state index in [0.29, 0.717) is 18.2 Å². The van der Waals surface area contributed by atoms with Gasteiger partial charge in [-0.3, -0.25) is 4.79 Å². The molecule has 1 fully saturated rings. The number of carbonyl (C=O) groups excluding carboxylic acids is 1. The van der Waals surface area contributed by atoms with Crippen LogP contribution in [0.15, 0.2) is 29.6 Å². The van der Waals surface area contributed by atoms with Crippen LogP contribution in [0.3, 0.4) is 0 Å². The molecule has 1 aliphatic heterocycles. The first-order valence-electron chi connectivity index (χ1n) is 8.63. The molecule has 24 heavy (non-hydrogen) atoms. The fourth-order valence-corrected chi connectivity index (χ4v) is 4.49. The number of thiophene rings is 1. The van der Waals surface area contributed by atoms with E-state index in [1.54, 1.807) is 11.3 Å². The first-order chi connectivity index (χ1) is 11.1. The maximum Gasteiger partial charge on any atom is 0.222 e. The van der Waals surface area contributed by atoms with Crippen LogP contribution in [0.25, 0.3) is 10.1 Å². The highest BCUT2D eigenvalue weighted by Gasteiger charge is 2.24. The number of likely N-dealkylation sites (tertiary alicyclic amines) is 1. The van der Waals surface area contributed by atoms with Crippen molar-refractivity contribution in [3.63, 3.8) is 0 Å². The van der Waals surface area contributed by atoms with Crippen molar-refractivity contribution in [1.82, 2.24) is 4.90 Å². The molecule has 0 saturated carbocycles. The number of carbonyl (C=O) groups is 1. The van der Waals surface area contributed by atoms with Crippen LogP contribution >= 0.6 is 23.7 Å². The minimum atomic E-state index is 0. The van der Waals surface area contributed by atoms with Crippen LogP contribution in [0, 0.1) is 5.92 Å². The van der Waals surface area contributed by atoms with Gasteiger partial charge >= 0.3 is 0 Å². The maximum atomic E-state index is 12.4. The Morgan fingerprint density at radius 1 is 1.33 bits per heavy atom. The molecule has 3 nitrogen and oxygen atoms in total. The second kappa shape index (κ2) is 8.84. The Hall–Kier alpha value is -1.10. The van der Waals surface area contributed by atoms with E-state index >= 15 is 0 Å². The molecule has 2 N–H and O–H groups in total. The molecule has 1 aliphatic rings. The summed E-state index contributed by atoms with van der Waals surface area (Å²) in [5.41, 5.74) is 7.35. The molecule has 1 aromatic carbocycles. The van der Waals surface area contributed by atoms with Gasteiger partial charge in [0.15, 0.2) is 0 Å². The number of aryl methyl sites for hydroxylation is 1. The third-order valence-corrected chi connectivity index (χ3v) is 6.05. The van der Waals surface area contributed by atoms with Crippen molar-refractivity contribution in [1.29, 1.82) is 0 Å². The Kier molecular flexibility index (Phi) is 7.08. The van der Waals surface area contributed by atoms with Crippen LogP contribution in [0.1, 0.15) is 38.2 Å². The smallest absolute Gasteiger partial charge is 0.222 e. The molecular weight excluding hydrogens is 340 g/mol. The van der Waals surface area contributed by atoms with Gasteiger partial charge in [-0.25, -0.2) is 0 Å². The summed E-state index contributed by atoms with van der Waals surface area (Å²) < 4.78 is 1.34. The zero-order valence-electron chi connectivity index (χ0n) is 14.2. The Balaban J connectivity index is 0.00000208. The van der Waals surface area contributed by atoms with E-state index in [0.717, 1.165) is 38.8 Å². The van der Waals surface area contributed by atoms with Gasteiger partial charge in [0.25, 0.3) is 0 Å². The Morgan fingerprint density at radius 3 is 2.75 bits per heavy atom. The number of halogens is 1. The lowest BCUT2D eigenvalue weighted by atomic mass is 9.91. The van der Waals surface area contributed by atoms with E-state index in [1.807, 2.05) is 4.90 Å². The monoisotopic (exact) mass is 366 g/mol. The van der Waals surface area contributed by atoms with Crippen molar-refractivity contribution in [3.8, 4) is 0 Å².